The fraction of sp³-hybridized carbons (Fsp3) is 0.381. The molecule has 28 heavy (non-hydrogen) atoms. The van der Waals surface area contributed by atoms with Crippen molar-refractivity contribution in [3.05, 3.63) is 48.3 Å². The average Bonchev–Trinajstić information content (AvgIpc) is 3.13. The van der Waals surface area contributed by atoms with E-state index in [1.165, 1.54) is 0 Å². The topological polar surface area (TPSA) is 86.9 Å². The van der Waals surface area contributed by atoms with E-state index in [0.29, 0.717) is 10.8 Å². The van der Waals surface area contributed by atoms with Crippen LogP contribution in [0.3, 0.4) is 0 Å². The molecule has 3 aromatic rings. The minimum atomic E-state index is -3.50. The molecule has 148 valence electrons. The molecule has 1 fully saturated rings. The molecule has 0 atom stereocenters. The predicted molar refractivity (Wildman–Crippen MR) is 112 cm³/mol. The van der Waals surface area contributed by atoms with Crippen molar-refractivity contribution in [1.82, 2.24) is 20.0 Å². The summed E-state index contributed by atoms with van der Waals surface area (Å²) in [7, 11) is -3.50. The Morgan fingerprint density at radius 3 is 2.50 bits per heavy atom. The molecule has 0 saturated carbocycles. The SMILES string of the molecule is CC(C)c1cc2c(-c3ccc(S(=O)(=O)NC4CCNCC4)cc3)ccnc2[nH]1. The van der Waals surface area contributed by atoms with E-state index in [9.17, 15) is 8.42 Å². The quantitative estimate of drug-likeness (QED) is 0.615. The van der Waals surface area contributed by atoms with Crippen LogP contribution in [-0.2, 0) is 10.0 Å². The number of benzene rings is 1. The summed E-state index contributed by atoms with van der Waals surface area (Å²) >= 11 is 0. The first-order chi connectivity index (χ1) is 13.4. The normalized spacial score (nSPS) is 16.1. The number of nitrogens with zero attached hydrogens (tertiary/aromatic N) is 1. The van der Waals surface area contributed by atoms with Crippen LogP contribution < -0.4 is 10.0 Å². The third-order valence-electron chi connectivity index (χ3n) is 5.31. The molecule has 1 saturated heterocycles. The minimum Gasteiger partial charge on any atom is -0.343 e. The van der Waals surface area contributed by atoms with Crippen molar-refractivity contribution in [3.8, 4) is 11.1 Å². The summed E-state index contributed by atoms with van der Waals surface area (Å²) in [6.07, 6.45) is 3.41. The van der Waals surface area contributed by atoms with Crippen molar-refractivity contribution in [1.29, 1.82) is 0 Å². The average molecular weight is 399 g/mol. The monoisotopic (exact) mass is 398 g/mol. The second-order valence-electron chi connectivity index (χ2n) is 7.67. The Balaban J connectivity index is 1.62. The number of H-pyrrole nitrogens is 1. The van der Waals surface area contributed by atoms with E-state index in [4.69, 9.17) is 0 Å². The van der Waals surface area contributed by atoms with Gasteiger partial charge in [-0.3, -0.25) is 0 Å². The van der Waals surface area contributed by atoms with Crippen LogP contribution >= 0.6 is 0 Å². The van der Waals surface area contributed by atoms with Crippen molar-refractivity contribution in [2.45, 2.75) is 43.5 Å². The van der Waals surface area contributed by atoms with E-state index in [1.54, 1.807) is 18.3 Å². The van der Waals surface area contributed by atoms with Gasteiger partial charge < -0.3 is 10.3 Å². The van der Waals surface area contributed by atoms with Crippen LogP contribution in [0.2, 0.25) is 0 Å². The predicted octanol–water partition coefficient (Wildman–Crippen LogP) is 3.38. The summed E-state index contributed by atoms with van der Waals surface area (Å²) < 4.78 is 28.2. The van der Waals surface area contributed by atoms with Crippen LogP contribution in [0.25, 0.3) is 22.2 Å². The highest BCUT2D eigenvalue weighted by Crippen LogP contribution is 2.30. The van der Waals surface area contributed by atoms with Crippen LogP contribution in [0.5, 0.6) is 0 Å². The van der Waals surface area contributed by atoms with Crippen molar-refractivity contribution >= 4 is 21.1 Å². The number of pyridine rings is 1. The van der Waals surface area contributed by atoms with Crippen molar-refractivity contribution in [2.24, 2.45) is 0 Å². The second kappa shape index (κ2) is 7.66. The van der Waals surface area contributed by atoms with Crippen LogP contribution in [0.4, 0.5) is 0 Å². The Morgan fingerprint density at radius 2 is 1.82 bits per heavy atom. The molecule has 0 aliphatic carbocycles. The molecule has 0 unspecified atom stereocenters. The summed E-state index contributed by atoms with van der Waals surface area (Å²) in [4.78, 5) is 8.09. The van der Waals surface area contributed by atoms with Gasteiger partial charge in [0.2, 0.25) is 10.0 Å². The number of sulfonamides is 1. The van der Waals surface area contributed by atoms with Gasteiger partial charge in [-0.25, -0.2) is 18.1 Å². The van der Waals surface area contributed by atoms with E-state index in [2.05, 4.69) is 39.9 Å². The molecular weight excluding hydrogens is 372 g/mol. The maximum absolute atomic E-state index is 12.7. The van der Waals surface area contributed by atoms with Gasteiger partial charge >= 0.3 is 0 Å². The molecule has 2 aromatic heterocycles. The summed E-state index contributed by atoms with van der Waals surface area (Å²) in [6.45, 7) is 5.97. The first-order valence-electron chi connectivity index (χ1n) is 9.75. The maximum atomic E-state index is 12.7. The smallest absolute Gasteiger partial charge is 0.240 e. The number of hydrogen-bond donors (Lipinski definition) is 3. The first kappa shape index (κ1) is 19.1. The molecule has 0 bridgehead atoms. The minimum absolute atomic E-state index is 0.0000551. The lowest BCUT2D eigenvalue weighted by atomic mass is 10.0. The zero-order valence-electron chi connectivity index (χ0n) is 16.2. The van der Waals surface area contributed by atoms with Gasteiger partial charge in [0.1, 0.15) is 5.65 Å². The molecule has 4 rings (SSSR count). The zero-order valence-corrected chi connectivity index (χ0v) is 17.0. The number of aromatic nitrogens is 2. The van der Waals surface area contributed by atoms with E-state index < -0.39 is 10.0 Å². The fourth-order valence-electron chi connectivity index (χ4n) is 3.65. The highest BCUT2D eigenvalue weighted by atomic mass is 32.2. The Hall–Kier alpha value is -2.22. The molecule has 7 heteroatoms. The van der Waals surface area contributed by atoms with Crippen molar-refractivity contribution < 1.29 is 8.42 Å². The number of fused-ring (bicyclic) bond motifs is 1. The molecule has 3 heterocycles. The van der Waals surface area contributed by atoms with Gasteiger partial charge in [0.25, 0.3) is 0 Å². The van der Waals surface area contributed by atoms with Gasteiger partial charge in [-0.15, -0.1) is 0 Å². The largest absolute Gasteiger partial charge is 0.343 e. The lowest BCUT2D eigenvalue weighted by Crippen LogP contribution is -2.42. The van der Waals surface area contributed by atoms with Gasteiger partial charge in [0.15, 0.2) is 0 Å². The van der Waals surface area contributed by atoms with Gasteiger partial charge in [0, 0.05) is 23.3 Å². The summed E-state index contributed by atoms with van der Waals surface area (Å²) in [6, 6.07) is 11.2. The molecule has 3 N–H and O–H groups in total. The van der Waals surface area contributed by atoms with Crippen molar-refractivity contribution in [3.63, 3.8) is 0 Å². The molecular formula is C21H26N4O2S. The Morgan fingerprint density at radius 1 is 1.11 bits per heavy atom. The summed E-state index contributed by atoms with van der Waals surface area (Å²) in [5.41, 5.74) is 4.01. The number of aromatic amines is 1. The highest BCUT2D eigenvalue weighted by molar-refractivity contribution is 7.89. The van der Waals surface area contributed by atoms with E-state index in [1.807, 2.05) is 18.2 Å². The molecule has 0 amide bonds. The van der Waals surface area contributed by atoms with Crippen LogP contribution in [0, 0.1) is 0 Å². The summed E-state index contributed by atoms with van der Waals surface area (Å²) in [5.74, 6) is 0.385. The lowest BCUT2D eigenvalue weighted by Gasteiger charge is -2.23. The third kappa shape index (κ3) is 3.83. The molecule has 6 nitrogen and oxygen atoms in total. The maximum Gasteiger partial charge on any atom is 0.240 e. The number of piperidine rings is 1. The number of rotatable bonds is 5. The van der Waals surface area contributed by atoms with E-state index in [0.717, 1.165) is 53.8 Å². The highest BCUT2D eigenvalue weighted by Gasteiger charge is 2.21. The third-order valence-corrected chi connectivity index (χ3v) is 6.85. The van der Waals surface area contributed by atoms with Gasteiger partial charge in [0.05, 0.1) is 4.90 Å². The number of nitrogens with one attached hydrogen (secondary N) is 3. The molecule has 1 aliphatic rings. The summed E-state index contributed by atoms with van der Waals surface area (Å²) in [5, 5.41) is 4.30. The second-order valence-corrected chi connectivity index (χ2v) is 9.38. The van der Waals surface area contributed by atoms with Crippen LogP contribution in [0.15, 0.2) is 47.5 Å². The van der Waals surface area contributed by atoms with Crippen LogP contribution in [-0.4, -0.2) is 37.5 Å². The molecule has 0 radical (unpaired) electrons. The number of hydrogen-bond acceptors (Lipinski definition) is 4. The van der Waals surface area contributed by atoms with Gasteiger partial charge in [-0.05, 0) is 67.2 Å². The van der Waals surface area contributed by atoms with Gasteiger partial charge in [-0.1, -0.05) is 26.0 Å². The fourth-order valence-corrected chi connectivity index (χ4v) is 4.96. The Labute approximate surface area is 165 Å². The standard InChI is InChI=1S/C21H26N4O2S/c1-14(2)20-13-19-18(9-12-23-21(19)24-20)15-3-5-17(6-4-15)28(26,27)25-16-7-10-22-11-8-16/h3-6,9,12-14,16,22,25H,7-8,10-11H2,1-2H3,(H,23,24). The Kier molecular flexibility index (Phi) is 5.23. The molecule has 1 aromatic carbocycles. The Bertz CT molecular complexity index is 1070. The molecule has 1 aliphatic heterocycles. The van der Waals surface area contributed by atoms with Crippen molar-refractivity contribution in [2.75, 3.05) is 13.1 Å². The van der Waals surface area contributed by atoms with Gasteiger partial charge in [-0.2, -0.15) is 0 Å². The van der Waals surface area contributed by atoms with Crippen LogP contribution in [0.1, 0.15) is 38.3 Å². The van der Waals surface area contributed by atoms with E-state index in [-0.39, 0.29) is 6.04 Å². The molecule has 0 spiro atoms. The van der Waals surface area contributed by atoms with E-state index >= 15 is 0 Å². The first-order valence-corrected chi connectivity index (χ1v) is 11.2. The zero-order chi connectivity index (χ0) is 19.7. The lowest BCUT2D eigenvalue weighted by molar-refractivity contribution is 0.427.